The second kappa shape index (κ2) is 28.6. The molecular weight excluding hydrogens is 494 g/mol. The summed E-state index contributed by atoms with van der Waals surface area (Å²) in [6.45, 7) is 4.41. The van der Waals surface area contributed by atoms with Gasteiger partial charge in [0.05, 0.1) is 19.3 Å². The van der Waals surface area contributed by atoms with Crippen LogP contribution in [0.25, 0.3) is 0 Å². The van der Waals surface area contributed by atoms with Crippen LogP contribution in [-0.2, 0) is 28.6 Å². The summed E-state index contributed by atoms with van der Waals surface area (Å²) < 4.78 is 16.0. The van der Waals surface area contributed by atoms with Gasteiger partial charge in [0.1, 0.15) is 13.2 Å². The van der Waals surface area contributed by atoms with Gasteiger partial charge >= 0.3 is 17.9 Å². The first-order valence-corrected chi connectivity index (χ1v) is 15.2. The molecule has 7 heteroatoms. The van der Waals surface area contributed by atoms with Gasteiger partial charge < -0.3 is 19.9 Å². The van der Waals surface area contributed by atoms with Crippen molar-refractivity contribution in [3.63, 3.8) is 0 Å². The molecule has 0 radical (unpaired) electrons. The molecule has 7 nitrogen and oxygen atoms in total. The number of carbonyl (C=O) groups excluding carboxylic acids is 3. The Labute approximate surface area is 237 Å². The van der Waals surface area contributed by atoms with Gasteiger partial charge in [0, 0.05) is 6.54 Å². The Morgan fingerprint density at radius 3 is 1.44 bits per heavy atom. The summed E-state index contributed by atoms with van der Waals surface area (Å²) in [7, 11) is 0. The normalized spacial score (nSPS) is 12.4. The molecule has 39 heavy (non-hydrogen) atoms. The average Bonchev–Trinajstić information content (AvgIpc) is 2.92. The molecule has 0 saturated heterocycles. The first-order valence-electron chi connectivity index (χ1n) is 15.2. The molecule has 1 unspecified atom stereocenters. The third-order valence-electron chi connectivity index (χ3n) is 6.10. The minimum absolute atomic E-state index is 0.0717. The quantitative estimate of drug-likeness (QED) is 0.0523. The van der Waals surface area contributed by atoms with Crippen LogP contribution in [0.5, 0.6) is 0 Å². The first-order chi connectivity index (χ1) is 19.0. The molecule has 0 aliphatic heterocycles. The van der Waals surface area contributed by atoms with E-state index in [4.69, 9.17) is 19.9 Å². The van der Waals surface area contributed by atoms with Crippen LogP contribution in [-0.4, -0.2) is 43.8 Å². The summed E-state index contributed by atoms with van der Waals surface area (Å²) in [6, 6.07) is 0. The molecule has 0 rings (SSSR count). The molecule has 0 saturated carbocycles. The Hall–Kier alpha value is -2.41. The van der Waals surface area contributed by atoms with Gasteiger partial charge in [0.25, 0.3) is 0 Å². The molecular formula is C32H55NO6. The number of rotatable bonds is 26. The largest absolute Gasteiger partial charge is 0.461 e. The van der Waals surface area contributed by atoms with Crippen molar-refractivity contribution in [1.82, 2.24) is 0 Å². The maximum absolute atomic E-state index is 12.3. The average molecular weight is 550 g/mol. The topological polar surface area (TPSA) is 105 Å². The van der Waals surface area contributed by atoms with E-state index in [0.717, 1.165) is 25.7 Å². The number of carbonyl (C=O) groups is 3. The van der Waals surface area contributed by atoms with E-state index in [1.807, 2.05) is 18.2 Å². The molecule has 0 aromatic heterocycles. The molecule has 224 valence electrons. The summed E-state index contributed by atoms with van der Waals surface area (Å²) in [5.41, 5.74) is 5.38. The highest BCUT2D eigenvalue weighted by Crippen LogP contribution is 2.09. The van der Waals surface area contributed by atoms with Gasteiger partial charge in [-0.15, -0.1) is 0 Å². The zero-order valence-electron chi connectivity index (χ0n) is 24.7. The summed E-state index contributed by atoms with van der Waals surface area (Å²) in [5.74, 6) is -1.33. The zero-order chi connectivity index (χ0) is 28.8. The number of hydrogen-bond donors (Lipinski definition) is 1. The summed E-state index contributed by atoms with van der Waals surface area (Å²) in [5, 5.41) is 0. The molecule has 0 aromatic rings. The van der Waals surface area contributed by atoms with Gasteiger partial charge in [0.2, 0.25) is 0 Å². The third kappa shape index (κ3) is 27.0. The van der Waals surface area contributed by atoms with E-state index >= 15 is 0 Å². The van der Waals surface area contributed by atoms with Crippen molar-refractivity contribution < 1.29 is 28.6 Å². The molecule has 0 spiro atoms. The predicted octanol–water partition coefficient (Wildman–Crippen LogP) is 7.28. The minimum atomic E-state index is -0.858. The van der Waals surface area contributed by atoms with Crippen LogP contribution in [0, 0.1) is 0 Å². The van der Waals surface area contributed by atoms with E-state index in [0.29, 0.717) is 6.54 Å². The smallest absolute Gasteiger partial charge is 0.310 e. The van der Waals surface area contributed by atoms with Gasteiger partial charge in [-0.1, -0.05) is 115 Å². The second-order valence-corrected chi connectivity index (χ2v) is 9.85. The lowest BCUT2D eigenvalue weighted by atomic mass is 10.1. The van der Waals surface area contributed by atoms with E-state index in [1.165, 1.54) is 64.2 Å². The number of nitrogens with two attached hydrogens (primary N) is 1. The van der Waals surface area contributed by atoms with Gasteiger partial charge in [-0.05, 0) is 25.7 Å². The highest BCUT2D eigenvalue weighted by molar-refractivity contribution is 5.73. The fourth-order valence-corrected chi connectivity index (χ4v) is 3.80. The maximum atomic E-state index is 12.3. The molecule has 0 heterocycles. The van der Waals surface area contributed by atoms with E-state index in [-0.39, 0.29) is 32.5 Å². The lowest BCUT2D eigenvalue weighted by Gasteiger charge is -2.17. The Bertz CT molecular complexity index is 701. The predicted molar refractivity (Wildman–Crippen MR) is 158 cm³/mol. The number of allylic oxidation sites excluding steroid dienone is 2. The Kier molecular flexibility index (Phi) is 26.8. The van der Waals surface area contributed by atoms with E-state index in [1.54, 1.807) is 18.2 Å². The van der Waals surface area contributed by atoms with Crippen molar-refractivity contribution in [3.05, 3.63) is 36.5 Å². The van der Waals surface area contributed by atoms with Crippen LogP contribution in [0.15, 0.2) is 36.5 Å². The number of ether oxygens (including phenoxy) is 3. The van der Waals surface area contributed by atoms with Crippen molar-refractivity contribution in [2.45, 2.75) is 129 Å². The third-order valence-corrected chi connectivity index (χ3v) is 6.10. The molecule has 0 bridgehead atoms. The standard InChI is InChI=1S/C32H55NO6/c1-3-5-7-9-11-13-15-17-19-23-30(34)37-27-29(28-38-31(35)24-21-22-26-33)39-32(36)25-20-18-16-14-12-10-8-6-4-2/h17-22,29H,3-16,23-28,33H2,1-2H3/b19-17-,20-18-,22-21-. The highest BCUT2D eigenvalue weighted by atomic mass is 16.6. The molecule has 0 aliphatic carbocycles. The fraction of sp³-hybridized carbons (Fsp3) is 0.719. The Morgan fingerprint density at radius 1 is 0.564 bits per heavy atom. The van der Waals surface area contributed by atoms with E-state index in [9.17, 15) is 14.4 Å². The van der Waals surface area contributed by atoms with Crippen LogP contribution in [0.2, 0.25) is 0 Å². The summed E-state index contributed by atoms with van der Waals surface area (Å²) in [4.78, 5) is 36.4. The summed E-state index contributed by atoms with van der Waals surface area (Å²) >= 11 is 0. The number of hydrogen-bond acceptors (Lipinski definition) is 7. The minimum Gasteiger partial charge on any atom is -0.461 e. The first kappa shape index (κ1) is 36.6. The Balaban J connectivity index is 4.45. The van der Waals surface area contributed by atoms with Crippen LogP contribution < -0.4 is 5.73 Å². The van der Waals surface area contributed by atoms with Crippen molar-refractivity contribution in [2.24, 2.45) is 5.73 Å². The van der Waals surface area contributed by atoms with Crippen LogP contribution in [0.4, 0.5) is 0 Å². The molecule has 0 amide bonds. The zero-order valence-corrected chi connectivity index (χ0v) is 24.7. The van der Waals surface area contributed by atoms with Gasteiger partial charge in [-0.2, -0.15) is 0 Å². The number of esters is 3. The SMILES string of the molecule is CCCCCCCC/C=C\CC(=O)OCC(COC(=O)C/C=C\CN)OC(=O)C/C=C\CCCCCCCC. The number of unbranched alkanes of at least 4 members (excludes halogenated alkanes) is 12. The summed E-state index contributed by atoms with van der Waals surface area (Å²) in [6.07, 6.45) is 27.0. The second-order valence-electron chi connectivity index (χ2n) is 9.85. The monoisotopic (exact) mass is 549 g/mol. The van der Waals surface area contributed by atoms with Crippen LogP contribution in [0.3, 0.4) is 0 Å². The molecule has 1 atom stereocenters. The molecule has 0 fully saturated rings. The molecule has 0 aliphatic rings. The van der Waals surface area contributed by atoms with Crippen molar-refractivity contribution >= 4 is 17.9 Å². The maximum Gasteiger partial charge on any atom is 0.310 e. The van der Waals surface area contributed by atoms with Gasteiger partial charge in [-0.25, -0.2) is 0 Å². The van der Waals surface area contributed by atoms with Crippen molar-refractivity contribution in [2.75, 3.05) is 19.8 Å². The van der Waals surface area contributed by atoms with Gasteiger partial charge in [-0.3, -0.25) is 14.4 Å². The van der Waals surface area contributed by atoms with E-state index < -0.39 is 24.0 Å². The van der Waals surface area contributed by atoms with Gasteiger partial charge in [0.15, 0.2) is 6.10 Å². The van der Waals surface area contributed by atoms with Crippen molar-refractivity contribution in [1.29, 1.82) is 0 Å². The van der Waals surface area contributed by atoms with Crippen LogP contribution >= 0.6 is 0 Å². The Morgan fingerprint density at radius 2 is 0.974 bits per heavy atom. The lowest BCUT2D eigenvalue weighted by molar-refractivity contribution is -0.165. The lowest BCUT2D eigenvalue weighted by Crippen LogP contribution is -2.30. The van der Waals surface area contributed by atoms with Crippen molar-refractivity contribution in [3.8, 4) is 0 Å². The fourth-order valence-electron chi connectivity index (χ4n) is 3.80. The molecule has 0 aromatic carbocycles. The molecule has 2 N–H and O–H groups in total. The van der Waals surface area contributed by atoms with Crippen LogP contribution in [0.1, 0.15) is 123 Å². The highest BCUT2D eigenvalue weighted by Gasteiger charge is 2.18. The van der Waals surface area contributed by atoms with E-state index in [2.05, 4.69) is 13.8 Å².